The Hall–Kier alpha value is -1.54. The number of nitrogens with zero attached hydrogens (tertiary/aromatic N) is 2. The number of aromatic nitrogens is 1. The van der Waals surface area contributed by atoms with E-state index in [9.17, 15) is 17.6 Å². The zero-order valence-electron chi connectivity index (χ0n) is 11.0. The Morgan fingerprint density at radius 1 is 1.55 bits per heavy atom. The second kappa shape index (κ2) is 5.84. The Morgan fingerprint density at radius 3 is 2.90 bits per heavy atom. The molecule has 1 aromatic rings. The minimum absolute atomic E-state index is 0.0139. The SMILES string of the molecule is CC(CN1CCCC1=O)NS(=O)(=O)c1ncccc1F. The quantitative estimate of drug-likeness (QED) is 0.859. The topological polar surface area (TPSA) is 79.4 Å². The Balaban J connectivity index is 2.05. The number of nitrogens with one attached hydrogen (secondary N) is 1. The average molecular weight is 301 g/mol. The van der Waals surface area contributed by atoms with Crippen LogP contribution in [0.15, 0.2) is 23.4 Å². The van der Waals surface area contributed by atoms with Crippen molar-refractivity contribution in [1.29, 1.82) is 0 Å². The molecular weight excluding hydrogens is 285 g/mol. The maximum atomic E-state index is 13.5. The molecule has 0 radical (unpaired) electrons. The van der Waals surface area contributed by atoms with Crippen LogP contribution in [0.2, 0.25) is 0 Å². The molecule has 1 N–H and O–H groups in total. The van der Waals surface area contributed by atoms with Gasteiger partial charge in [0.25, 0.3) is 10.0 Å². The molecule has 2 heterocycles. The summed E-state index contributed by atoms with van der Waals surface area (Å²) in [5.74, 6) is -0.885. The molecule has 0 aliphatic carbocycles. The minimum Gasteiger partial charge on any atom is -0.341 e. The van der Waals surface area contributed by atoms with Crippen molar-refractivity contribution in [1.82, 2.24) is 14.6 Å². The first-order valence-corrected chi connectivity index (χ1v) is 7.79. The van der Waals surface area contributed by atoms with Gasteiger partial charge >= 0.3 is 0 Å². The van der Waals surface area contributed by atoms with Gasteiger partial charge in [-0.15, -0.1) is 0 Å². The van der Waals surface area contributed by atoms with Crippen LogP contribution in [0.4, 0.5) is 4.39 Å². The molecule has 110 valence electrons. The van der Waals surface area contributed by atoms with Crippen LogP contribution < -0.4 is 4.72 Å². The molecule has 0 aromatic carbocycles. The third kappa shape index (κ3) is 3.31. The molecule has 6 nitrogen and oxygen atoms in total. The Bertz CT molecular complexity index is 606. The van der Waals surface area contributed by atoms with Crippen molar-refractivity contribution in [3.63, 3.8) is 0 Å². The van der Waals surface area contributed by atoms with Crippen molar-refractivity contribution in [2.45, 2.75) is 30.8 Å². The highest BCUT2D eigenvalue weighted by molar-refractivity contribution is 7.89. The number of rotatable bonds is 5. The third-order valence-corrected chi connectivity index (χ3v) is 4.52. The fourth-order valence-electron chi connectivity index (χ4n) is 2.15. The van der Waals surface area contributed by atoms with Gasteiger partial charge in [-0.2, -0.15) is 0 Å². The summed E-state index contributed by atoms with van der Waals surface area (Å²) in [6.07, 6.45) is 2.49. The van der Waals surface area contributed by atoms with E-state index in [0.29, 0.717) is 13.0 Å². The predicted molar refractivity (Wildman–Crippen MR) is 69.8 cm³/mol. The predicted octanol–water partition coefficient (Wildman–Crippen LogP) is 0.510. The Labute approximate surface area is 117 Å². The van der Waals surface area contributed by atoms with Crippen LogP contribution in [-0.2, 0) is 14.8 Å². The molecule has 1 aliphatic heterocycles. The number of hydrogen-bond acceptors (Lipinski definition) is 4. The van der Waals surface area contributed by atoms with Crippen molar-refractivity contribution in [2.24, 2.45) is 0 Å². The first-order chi connectivity index (χ1) is 9.40. The minimum atomic E-state index is -4.02. The van der Waals surface area contributed by atoms with Crippen molar-refractivity contribution in [3.05, 3.63) is 24.1 Å². The molecule has 0 saturated carbocycles. The lowest BCUT2D eigenvalue weighted by molar-refractivity contribution is -0.127. The highest BCUT2D eigenvalue weighted by Crippen LogP contribution is 2.13. The molecule has 1 fully saturated rings. The Morgan fingerprint density at radius 2 is 2.30 bits per heavy atom. The van der Waals surface area contributed by atoms with Crippen LogP contribution in [0.1, 0.15) is 19.8 Å². The normalized spacial score (nSPS) is 17.5. The molecule has 1 amide bonds. The monoisotopic (exact) mass is 301 g/mol. The molecule has 0 spiro atoms. The highest BCUT2D eigenvalue weighted by atomic mass is 32.2. The molecular formula is C12H16FN3O3S. The largest absolute Gasteiger partial charge is 0.341 e. The molecule has 1 unspecified atom stereocenters. The summed E-state index contributed by atoms with van der Waals surface area (Å²) in [7, 11) is -4.02. The van der Waals surface area contributed by atoms with Crippen LogP contribution in [0.25, 0.3) is 0 Å². The van der Waals surface area contributed by atoms with E-state index in [0.717, 1.165) is 12.5 Å². The fraction of sp³-hybridized carbons (Fsp3) is 0.500. The third-order valence-electron chi connectivity index (χ3n) is 3.00. The van der Waals surface area contributed by atoms with Crippen LogP contribution >= 0.6 is 0 Å². The van der Waals surface area contributed by atoms with Crippen molar-refractivity contribution < 1.29 is 17.6 Å². The van der Waals surface area contributed by atoms with Crippen molar-refractivity contribution in [3.8, 4) is 0 Å². The second-order valence-electron chi connectivity index (χ2n) is 4.76. The van der Waals surface area contributed by atoms with E-state index in [1.54, 1.807) is 11.8 Å². The number of carbonyl (C=O) groups is 1. The van der Waals surface area contributed by atoms with Gasteiger partial charge in [-0.1, -0.05) is 0 Å². The molecule has 20 heavy (non-hydrogen) atoms. The summed E-state index contributed by atoms with van der Waals surface area (Å²) in [5, 5.41) is -0.625. The summed E-state index contributed by atoms with van der Waals surface area (Å²) in [5.41, 5.74) is 0. The number of amides is 1. The maximum absolute atomic E-state index is 13.5. The number of pyridine rings is 1. The van der Waals surface area contributed by atoms with E-state index < -0.39 is 26.9 Å². The second-order valence-corrected chi connectivity index (χ2v) is 6.39. The summed E-state index contributed by atoms with van der Waals surface area (Å²) < 4.78 is 39.8. The average Bonchev–Trinajstić information content (AvgIpc) is 2.74. The number of sulfonamides is 1. The van der Waals surface area contributed by atoms with E-state index in [-0.39, 0.29) is 12.5 Å². The molecule has 1 aromatic heterocycles. The van der Waals surface area contributed by atoms with E-state index in [1.807, 2.05) is 0 Å². The smallest absolute Gasteiger partial charge is 0.261 e. The van der Waals surface area contributed by atoms with E-state index >= 15 is 0 Å². The number of carbonyl (C=O) groups excluding carboxylic acids is 1. The molecule has 0 bridgehead atoms. The molecule has 8 heteroatoms. The lowest BCUT2D eigenvalue weighted by Crippen LogP contribution is -2.42. The van der Waals surface area contributed by atoms with Crippen molar-refractivity contribution >= 4 is 15.9 Å². The fourth-order valence-corrected chi connectivity index (χ4v) is 3.39. The lowest BCUT2D eigenvalue weighted by Gasteiger charge is -2.21. The summed E-state index contributed by atoms with van der Waals surface area (Å²) in [6.45, 7) is 2.53. The van der Waals surface area contributed by atoms with Gasteiger partial charge in [-0.3, -0.25) is 4.79 Å². The first kappa shape index (κ1) is 14.9. The molecule has 1 atom stereocenters. The lowest BCUT2D eigenvalue weighted by atomic mass is 10.3. The highest BCUT2D eigenvalue weighted by Gasteiger charge is 2.26. The standard InChI is InChI=1S/C12H16FN3O3S/c1-9(8-16-7-3-5-11(16)17)15-20(18,19)12-10(13)4-2-6-14-12/h2,4,6,9,15H,3,5,7-8H2,1H3. The van der Waals surface area contributed by atoms with Gasteiger partial charge in [-0.25, -0.2) is 22.5 Å². The maximum Gasteiger partial charge on any atom is 0.261 e. The van der Waals surface area contributed by atoms with Crippen LogP contribution in [-0.4, -0.2) is 43.3 Å². The number of likely N-dealkylation sites (tertiary alicyclic amines) is 1. The van der Waals surface area contributed by atoms with Crippen LogP contribution in [0, 0.1) is 5.82 Å². The summed E-state index contributed by atoms with van der Waals surface area (Å²) in [4.78, 5) is 16.6. The van der Waals surface area contributed by atoms with E-state index in [1.165, 1.54) is 12.3 Å². The van der Waals surface area contributed by atoms with E-state index in [2.05, 4.69) is 9.71 Å². The first-order valence-electron chi connectivity index (χ1n) is 6.31. The van der Waals surface area contributed by atoms with Gasteiger partial charge in [0.15, 0.2) is 5.82 Å². The van der Waals surface area contributed by atoms with Gasteiger partial charge in [0.2, 0.25) is 10.9 Å². The summed E-state index contributed by atoms with van der Waals surface area (Å²) in [6, 6.07) is 1.85. The van der Waals surface area contributed by atoms with Gasteiger partial charge in [0.05, 0.1) is 0 Å². The molecule has 1 aliphatic rings. The van der Waals surface area contributed by atoms with Gasteiger partial charge in [-0.05, 0) is 25.5 Å². The zero-order chi connectivity index (χ0) is 14.8. The Kier molecular flexibility index (Phi) is 4.34. The number of halogens is 1. The van der Waals surface area contributed by atoms with Gasteiger partial charge in [0, 0.05) is 31.7 Å². The van der Waals surface area contributed by atoms with Crippen LogP contribution in [0.5, 0.6) is 0 Å². The van der Waals surface area contributed by atoms with Crippen LogP contribution in [0.3, 0.4) is 0 Å². The van der Waals surface area contributed by atoms with Gasteiger partial charge in [0.1, 0.15) is 0 Å². The van der Waals surface area contributed by atoms with Gasteiger partial charge < -0.3 is 4.90 Å². The zero-order valence-corrected chi connectivity index (χ0v) is 11.9. The summed E-state index contributed by atoms with van der Waals surface area (Å²) >= 11 is 0. The van der Waals surface area contributed by atoms with E-state index in [4.69, 9.17) is 0 Å². The number of hydrogen-bond donors (Lipinski definition) is 1. The molecule has 2 rings (SSSR count). The van der Waals surface area contributed by atoms with Crippen molar-refractivity contribution in [2.75, 3.05) is 13.1 Å². The molecule has 1 saturated heterocycles.